The molecule has 1 heterocycles. The molecule has 3 N–H and O–H groups in total. The topological polar surface area (TPSA) is 90.9 Å². The fourth-order valence-corrected chi connectivity index (χ4v) is 3.40. The van der Waals surface area contributed by atoms with Crippen LogP contribution in [0.5, 0.6) is 17.2 Å². The van der Waals surface area contributed by atoms with Crippen LogP contribution in [0, 0.1) is 5.41 Å². The second-order valence-corrected chi connectivity index (χ2v) is 9.02. The zero-order chi connectivity index (χ0) is 21.5. The van der Waals surface area contributed by atoms with Crippen LogP contribution in [0.4, 0.5) is 0 Å². The Morgan fingerprint density at radius 3 is 2.38 bits per heavy atom. The lowest BCUT2D eigenvalue weighted by molar-refractivity contribution is 0.378. The van der Waals surface area contributed by atoms with Gasteiger partial charge in [-0.05, 0) is 50.2 Å². The van der Waals surface area contributed by atoms with Crippen LogP contribution in [0.25, 0.3) is 21.9 Å². The molecule has 0 aliphatic heterocycles. The van der Waals surface area contributed by atoms with Gasteiger partial charge >= 0.3 is 0 Å². The third-order valence-corrected chi connectivity index (χ3v) is 5.09. The van der Waals surface area contributed by atoms with Gasteiger partial charge in [0.1, 0.15) is 22.5 Å². The molecule has 3 rings (SSSR count). The van der Waals surface area contributed by atoms with E-state index in [-0.39, 0.29) is 50.2 Å². The summed E-state index contributed by atoms with van der Waals surface area (Å²) in [5.74, 6) is -0.581. The van der Waals surface area contributed by atoms with E-state index in [9.17, 15) is 20.1 Å². The summed E-state index contributed by atoms with van der Waals surface area (Å²) in [7, 11) is 0. The van der Waals surface area contributed by atoms with E-state index < -0.39 is 5.43 Å². The fourth-order valence-electron chi connectivity index (χ4n) is 3.40. The highest BCUT2D eigenvalue weighted by atomic mass is 16.4. The van der Waals surface area contributed by atoms with Crippen molar-refractivity contribution >= 4 is 21.9 Å². The van der Waals surface area contributed by atoms with Crippen LogP contribution in [0.3, 0.4) is 0 Å². The van der Waals surface area contributed by atoms with Crippen molar-refractivity contribution in [3.63, 3.8) is 0 Å². The molecule has 0 unspecified atom stereocenters. The number of phenols is 3. The minimum absolute atomic E-state index is 0.0232. The number of aryl methyl sites for hydroxylation is 1. The largest absolute Gasteiger partial charge is 0.507 e. The summed E-state index contributed by atoms with van der Waals surface area (Å²) in [4.78, 5) is 13.4. The lowest BCUT2D eigenvalue weighted by atomic mass is 9.87. The average Bonchev–Trinajstić information content (AvgIpc) is 2.60. The predicted octanol–water partition coefficient (Wildman–Crippen LogP) is 5.55. The third kappa shape index (κ3) is 4.09. The van der Waals surface area contributed by atoms with Crippen molar-refractivity contribution in [3.05, 3.63) is 51.2 Å². The molecule has 0 spiro atoms. The SMILES string of the molecule is CC(C)=CCc1c(O)cc2oc3c(O)ccc(CCC(C)(C)C)c3c(=O)c2c1O. The Bertz CT molecular complexity index is 1170. The summed E-state index contributed by atoms with van der Waals surface area (Å²) in [6.07, 6.45) is 3.64. The quantitative estimate of drug-likeness (QED) is 0.397. The molecular weight excluding hydrogens is 368 g/mol. The van der Waals surface area contributed by atoms with E-state index in [1.807, 2.05) is 19.9 Å². The Morgan fingerprint density at radius 1 is 1.07 bits per heavy atom. The summed E-state index contributed by atoms with van der Waals surface area (Å²) in [5, 5.41) is 31.7. The van der Waals surface area contributed by atoms with Gasteiger partial charge < -0.3 is 19.7 Å². The number of phenolic OH excluding ortho intramolecular Hbond substituents is 3. The molecule has 2 aromatic carbocycles. The first-order chi connectivity index (χ1) is 13.5. The Kier molecular flexibility index (Phi) is 5.35. The fraction of sp³-hybridized carbons (Fsp3) is 0.375. The minimum atomic E-state index is -0.406. The molecule has 0 bridgehead atoms. The van der Waals surface area contributed by atoms with Gasteiger partial charge in [0.25, 0.3) is 0 Å². The number of hydrogen-bond acceptors (Lipinski definition) is 5. The first-order valence-corrected chi connectivity index (χ1v) is 9.78. The molecule has 29 heavy (non-hydrogen) atoms. The molecule has 0 amide bonds. The van der Waals surface area contributed by atoms with Crippen LogP contribution >= 0.6 is 0 Å². The van der Waals surface area contributed by atoms with E-state index in [0.717, 1.165) is 17.6 Å². The molecule has 0 radical (unpaired) electrons. The number of hydrogen-bond donors (Lipinski definition) is 3. The first kappa shape index (κ1) is 20.8. The summed E-state index contributed by atoms with van der Waals surface area (Å²) < 4.78 is 5.79. The Labute approximate surface area is 169 Å². The van der Waals surface area contributed by atoms with Gasteiger partial charge in [-0.1, -0.05) is 38.5 Å². The number of rotatable bonds is 4. The number of fused-ring (bicyclic) bond motifs is 2. The normalized spacial score (nSPS) is 11.9. The Hall–Kier alpha value is -2.95. The Balaban J connectivity index is 2.32. The monoisotopic (exact) mass is 396 g/mol. The predicted molar refractivity (Wildman–Crippen MR) is 116 cm³/mol. The highest BCUT2D eigenvalue weighted by molar-refractivity contribution is 5.98. The van der Waals surface area contributed by atoms with E-state index in [0.29, 0.717) is 12.8 Å². The molecule has 1 aromatic heterocycles. The molecule has 154 valence electrons. The lowest BCUT2D eigenvalue weighted by Crippen LogP contribution is -2.10. The molecule has 0 aliphatic carbocycles. The van der Waals surface area contributed by atoms with Gasteiger partial charge in [0.15, 0.2) is 11.3 Å². The molecule has 0 atom stereocenters. The van der Waals surface area contributed by atoms with Crippen molar-refractivity contribution in [2.75, 3.05) is 0 Å². The van der Waals surface area contributed by atoms with Crippen LogP contribution in [0.1, 0.15) is 52.2 Å². The first-order valence-electron chi connectivity index (χ1n) is 9.78. The number of aromatic hydroxyl groups is 3. The number of allylic oxidation sites excluding steroid dienone is 2. The lowest BCUT2D eigenvalue weighted by Gasteiger charge is -2.18. The van der Waals surface area contributed by atoms with Crippen LogP contribution in [0.15, 0.2) is 39.1 Å². The van der Waals surface area contributed by atoms with Gasteiger partial charge in [-0.15, -0.1) is 0 Å². The standard InChI is InChI=1S/C24H28O5/c1-13(2)6-8-15-17(26)12-18-20(21(15)27)22(28)19-14(10-11-24(3,4)5)7-9-16(25)23(19)29-18/h6-7,9,12,25-27H,8,10-11H2,1-5H3. The molecule has 3 aromatic rings. The van der Waals surface area contributed by atoms with Crippen molar-refractivity contribution in [1.82, 2.24) is 0 Å². The van der Waals surface area contributed by atoms with Gasteiger partial charge in [-0.2, -0.15) is 0 Å². The van der Waals surface area contributed by atoms with Crippen LogP contribution < -0.4 is 5.43 Å². The molecule has 0 aliphatic rings. The summed E-state index contributed by atoms with van der Waals surface area (Å²) in [5.41, 5.74) is 1.86. The van der Waals surface area contributed by atoms with E-state index in [4.69, 9.17) is 4.42 Å². The smallest absolute Gasteiger partial charge is 0.204 e. The van der Waals surface area contributed by atoms with Gasteiger partial charge in [0.05, 0.1) is 5.39 Å². The molecule has 0 fully saturated rings. The van der Waals surface area contributed by atoms with E-state index in [1.165, 1.54) is 12.1 Å². The maximum absolute atomic E-state index is 13.4. The second kappa shape index (κ2) is 7.47. The highest BCUT2D eigenvalue weighted by Crippen LogP contribution is 2.38. The summed E-state index contributed by atoms with van der Waals surface area (Å²) in [6, 6.07) is 4.57. The molecular formula is C24H28O5. The van der Waals surface area contributed by atoms with E-state index in [1.54, 1.807) is 6.07 Å². The third-order valence-electron chi connectivity index (χ3n) is 5.09. The van der Waals surface area contributed by atoms with Crippen molar-refractivity contribution < 1.29 is 19.7 Å². The molecule has 0 saturated heterocycles. The van der Waals surface area contributed by atoms with Crippen molar-refractivity contribution in [2.24, 2.45) is 5.41 Å². The van der Waals surface area contributed by atoms with Crippen molar-refractivity contribution in [2.45, 2.75) is 53.9 Å². The van der Waals surface area contributed by atoms with E-state index in [2.05, 4.69) is 20.8 Å². The Morgan fingerprint density at radius 2 is 1.76 bits per heavy atom. The van der Waals surface area contributed by atoms with Gasteiger partial charge in [0.2, 0.25) is 5.43 Å². The van der Waals surface area contributed by atoms with Crippen LogP contribution in [0.2, 0.25) is 0 Å². The van der Waals surface area contributed by atoms with Gasteiger partial charge in [-0.25, -0.2) is 0 Å². The van der Waals surface area contributed by atoms with Gasteiger partial charge in [-0.3, -0.25) is 4.79 Å². The zero-order valence-corrected chi connectivity index (χ0v) is 17.6. The molecule has 0 saturated carbocycles. The molecule has 5 nitrogen and oxygen atoms in total. The van der Waals surface area contributed by atoms with Crippen molar-refractivity contribution in [1.29, 1.82) is 0 Å². The number of benzene rings is 2. The van der Waals surface area contributed by atoms with E-state index >= 15 is 0 Å². The maximum Gasteiger partial charge on any atom is 0.204 e. The van der Waals surface area contributed by atoms with Crippen molar-refractivity contribution in [3.8, 4) is 17.2 Å². The summed E-state index contributed by atoms with van der Waals surface area (Å²) in [6.45, 7) is 10.2. The minimum Gasteiger partial charge on any atom is -0.507 e. The summed E-state index contributed by atoms with van der Waals surface area (Å²) >= 11 is 0. The maximum atomic E-state index is 13.4. The van der Waals surface area contributed by atoms with Gasteiger partial charge in [0, 0.05) is 11.6 Å². The second-order valence-electron chi connectivity index (χ2n) is 9.02. The average molecular weight is 396 g/mol. The molecule has 5 heteroatoms. The zero-order valence-electron chi connectivity index (χ0n) is 17.6. The van der Waals surface area contributed by atoms with Crippen LogP contribution in [-0.2, 0) is 12.8 Å². The van der Waals surface area contributed by atoms with Crippen LogP contribution in [-0.4, -0.2) is 15.3 Å². The highest BCUT2D eigenvalue weighted by Gasteiger charge is 2.22.